The summed E-state index contributed by atoms with van der Waals surface area (Å²) in [6.45, 7) is 6.36. The summed E-state index contributed by atoms with van der Waals surface area (Å²) in [5.41, 5.74) is 8.89. The molecule has 0 spiro atoms. The highest BCUT2D eigenvalue weighted by atomic mass is 16.1. The molecule has 4 aliphatic rings. The van der Waals surface area contributed by atoms with Crippen molar-refractivity contribution in [3.05, 3.63) is 22.9 Å². The third-order valence-corrected chi connectivity index (χ3v) is 8.10. The lowest BCUT2D eigenvalue weighted by Crippen LogP contribution is -2.51. The Hall–Kier alpha value is -1.82. The number of hydrogen-bond acceptors (Lipinski definition) is 3. The molecule has 0 aliphatic heterocycles. The molecular weight excluding hydrogens is 322 g/mol. The van der Waals surface area contributed by atoms with Gasteiger partial charge in [-0.05, 0) is 61.3 Å². The van der Waals surface area contributed by atoms with Crippen LogP contribution in [0.5, 0.6) is 0 Å². The van der Waals surface area contributed by atoms with Gasteiger partial charge in [-0.25, -0.2) is 0 Å². The van der Waals surface area contributed by atoms with Crippen LogP contribution in [0, 0.1) is 40.4 Å². The van der Waals surface area contributed by atoms with E-state index in [0.29, 0.717) is 35.7 Å². The van der Waals surface area contributed by atoms with Crippen molar-refractivity contribution < 1.29 is 9.59 Å². The van der Waals surface area contributed by atoms with Crippen LogP contribution in [0.4, 0.5) is 0 Å². The molecule has 0 aromatic carbocycles. The minimum Gasteiger partial charge on any atom is -0.396 e. The highest BCUT2D eigenvalue weighted by molar-refractivity contribution is 5.97. The quantitative estimate of drug-likeness (QED) is 0.728. The van der Waals surface area contributed by atoms with Gasteiger partial charge < -0.3 is 5.73 Å². The van der Waals surface area contributed by atoms with Gasteiger partial charge in [0.25, 0.3) is 0 Å². The Labute approximate surface area is 156 Å². The molecule has 0 amide bonds. The van der Waals surface area contributed by atoms with Crippen LogP contribution in [-0.4, -0.2) is 11.6 Å². The Morgan fingerprint density at radius 2 is 1.85 bits per heavy atom. The smallest absolute Gasteiger partial charge is 0.178 e. The van der Waals surface area contributed by atoms with E-state index in [1.807, 2.05) is 6.92 Å². The van der Waals surface area contributed by atoms with Crippen LogP contribution in [-0.2, 0) is 9.59 Å². The van der Waals surface area contributed by atoms with E-state index in [1.165, 1.54) is 5.57 Å². The molecule has 138 valence electrons. The molecule has 2 N–H and O–H groups in total. The maximum atomic E-state index is 12.7. The Balaban J connectivity index is 1.88. The normalized spacial score (nSPS) is 41.7. The maximum Gasteiger partial charge on any atom is 0.178 e. The van der Waals surface area contributed by atoms with Gasteiger partial charge in [-0.1, -0.05) is 31.4 Å². The van der Waals surface area contributed by atoms with Gasteiger partial charge >= 0.3 is 0 Å². The highest BCUT2D eigenvalue weighted by Crippen LogP contribution is 2.64. The van der Waals surface area contributed by atoms with Crippen molar-refractivity contribution in [1.29, 1.82) is 0 Å². The summed E-state index contributed by atoms with van der Waals surface area (Å²) >= 11 is 0. The predicted molar refractivity (Wildman–Crippen MR) is 102 cm³/mol. The summed E-state index contributed by atoms with van der Waals surface area (Å²) in [5, 5.41) is 0. The second-order valence-electron chi connectivity index (χ2n) is 9.15. The summed E-state index contributed by atoms with van der Waals surface area (Å²) in [7, 11) is 0. The summed E-state index contributed by atoms with van der Waals surface area (Å²) in [6, 6.07) is 0. The fourth-order valence-corrected chi connectivity index (χ4v) is 6.51. The topological polar surface area (TPSA) is 60.2 Å². The van der Waals surface area contributed by atoms with Crippen molar-refractivity contribution in [2.24, 2.45) is 34.3 Å². The highest BCUT2D eigenvalue weighted by Gasteiger charge is 2.60. The van der Waals surface area contributed by atoms with Gasteiger partial charge in [-0.2, -0.15) is 0 Å². The number of fused-ring (bicyclic) bond motifs is 5. The Bertz CT molecular complexity index is 808. The van der Waals surface area contributed by atoms with Gasteiger partial charge in [0.2, 0.25) is 0 Å². The number of nitrogens with two attached hydrogens (primary N) is 1. The zero-order valence-electron chi connectivity index (χ0n) is 16.2. The average Bonchev–Trinajstić information content (AvgIpc) is 2.92. The van der Waals surface area contributed by atoms with Crippen LogP contribution < -0.4 is 5.73 Å². The molecular formula is C23H29NO2. The largest absolute Gasteiger partial charge is 0.396 e. The molecule has 26 heavy (non-hydrogen) atoms. The summed E-state index contributed by atoms with van der Waals surface area (Å²) in [4.78, 5) is 24.9. The fraction of sp³-hybridized carbons (Fsp3) is 0.652. The molecule has 2 fully saturated rings. The first-order valence-corrected chi connectivity index (χ1v) is 9.99. The second kappa shape index (κ2) is 5.84. The Morgan fingerprint density at radius 3 is 2.58 bits per heavy atom. The van der Waals surface area contributed by atoms with Crippen LogP contribution in [0.25, 0.3) is 0 Å². The summed E-state index contributed by atoms with van der Waals surface area (Å²) in [6.07, 6.45) is 8.08. The molecule has 0 unspecified atom stereocenters. The van der Waals surface area contributed by atoms with Crippen molar-refractivity contribution in [1.82, 2.24) is 0 Å². The fourth-order valence-electron chi connectivity index (χ4n) is 6.51. The van der Waals surface area contributed by atoms with E-state index in [1.54, 1.807) is 0 Å². The van der Waals surface area contributed by atoms with Crippen LogP contribution in [0.15, 0.2) is 22.9 Å². The maximum absolute atomic E-state index is 12.7. The van der Waals surface area contributed by atoms with E-state index in [4.69, 9.17) is 5.73 Å². The molecule has 2 saturated carbocycles. The van der Waals surface area contributed by atoms with Crippen LogP contribution in [0.2, 0.25) is 0 Å². The minimum absolute atomic E-state index is 0.0429. The van der Waals surface area contributed by atoms with Gasteiger partial charge in [0.1, 0.15) is 5.78 Å². The molecule has 0 bridgehead atoms. The second-order valence-corrected chi connectivity index (χ2v) is 9.15. The van der Waals surface area contributed by atoms with E-state index in [9.17, 15) is 9.59 Å². The number of allylic oxidation sites excluding steroid dienone is 4. The van der Waals surface area contributed by atoms with Gasteiger partial charge in [-0.3, -0.25) is 9.59 Å². The van der Waals surface area contributed by atoms with Gasteiger partial charge in [0.15, 0.2) is 5.78 Å². The zero-order valence-corrected chi connectivity index (χ0v) is 16.2. The molecule has 0 heterocycles. The van der Waals surface area contributed by atoms with Crippen molar-refractivity contribution in [2.75, 3.05) is 0 Å². The molecule has 4 rings (SSSR count). The molecule has 0 aromatic rings. The van der Waals surface area contributed by atoms with Crippen molar-refractivity contribution in [2.45, 2.75) is 65.7 Å². The van der Waals surface area contributed by atoms with Crippen molar-refractivity contribution in [3.8, 4) is 11.8 Å². The molecule has 0 saturated heterocycles. The Kier molecular flexibility index (Phi) is 3.95. The van der Waals surface area contributed by atoms with Crippen molar-refractivity contribution in [3.63, 3.8) is 0 Å². The van der Waals surface area contributed by atoms with Gasteiger partial charge in [0, 0.05) is 24.7 Å². The average molecular weight is 351 g/mol. The molecule has 4 aliphatic carbocycles. The van der Waals surface area contributed by atoms with Crippen LogP contribution in [0.1, 0.15) is 65.7 Å². The summed E-state index contributed by atoms with van der Waals surface area (Å²) in [5.74, 6) is 8.07. The molecule has 5 atom stereocenters. The molecule has 0 aromatic heterocycles. The van der Waals surface area contributed by atoms with E-state index in [-0.39, 0.29) is 16.6 Å². The van der Waals surface area contributed by atoms with E-state index in [2.05, 4.69) is 31.8 Å². The van der Waals surface area contributed by atoms with E-state index in [0.717, 1.165) is 44.1 Å². The number of hydrogen-bond donors (Lipinski definition) is 1. The third kappa shape index (κ3) is 2.20. The first-order valence-electron chi connectivity index (χ1n) is 9.99. The molecule has 3 nitrogen and oxygen atoms in total. The Morgan fingerprint density at radius 1 is 1.12 bits per heavy atom. The van der Waals surface area contributed by atoms with Gasteiger partial charge in [-0.15, -0.1) is 5.92 Å². The number of rotatable bonds is 1. The predicted octanol–water partition coefficient (Wildman–Crippen LogP) is 3.93. The van der Waals surface area contributed by atoms with E-state index < -0.39 is 0 Å². The first kappa shape index (κ1) is 17.6. The lowest BCUT2D eigenvalue weighted by atomic mass is 9.47. The number of ketones is 2. The van der Waals surface area contributed by atoms with Crippen LogP contribution in [0.3, 0.4) is 0 Å². The zero-order chi connectivity index (χ0) is 18.7. The molecule has 0 radical (unpaired) electrons. The lowest BCUT2D eigenvalue weighted by molar-refractivity contribution is -0.130. The monoisotopic (exact) mass is 351 g/mol. The molecule has 3 heteroatoms. The summed E-state index contributed by atoms with van der Waals surface area (Å²) < 4.78 is 0. The lowest BCUT2D eigenvalue weighted by Gasteiger charge is -2.56. The third-order valence-electron chi connectivity index (χ3n) is 8.10. The van der Waals surface area contributed by atoms with Crippen molar-refractivity contribution >= 4 is 11.6 Å². The standard InChI is InChI=1S/C23H29NO2/c1-4-5-6-14-13-17-21(24)18(25)10-12-22(17,2)16-9-11-23(3)15(20(14)16)7-8-19(23)26/h13,15-16,20H,6-12,24H2,1-3H3/t15-,16-,20-,22+,23-/m0/s1. The van der Waals surface area contributed by atoms with E-state index >= 15 is 0 Å². The number of carbonyl (C=O) groups excluding carboxylic acids is 2. The SMILES string of the molecule is CC#CCC1=CC2=C(N)C(=O)CC[C@]2(C)[C@H]2CC[C@]3(C)C(=O)CC[C@H]3[C@H]12. The van der Waals surface area contributed by atoms with Gasteiger partial charge in [0.05, 0.1) is 5.70 Å². The number of carbonyl (C=O) groups is 2. The van der Waals surface area contributed by atoms with Crippen LogP contribution >= 0.6 is 0 Å². The minimum atomic E-state index is -0.173. The number of Topliss-reactive ketones (excluding diaryl/α,β-unsaturated/α-hetero) is 2. The first-order chi connectivity index (χ1) is 12.3.